The lowest BCUT2D eigenvalue weighted by atomic mass is 10.1. The van der Waals surface area contributed by atoms with Crippen LogP contribution in [0.5, 0.6) is 0 Å². The fraction of sp³-hybridized carbons (Fsp3) is 0.429. The monoisotopic (exact) mass is 122 g/mol. The van der Waals surface area contributed by atoms with Gasteiger partial charge < -0.3 is 0 Å². The molecule has 0 spiro atoms. The number of hydrogen-bond acceptors (Lipinski definition) is 2. The SMILES string of the molecule is O=C1C(=O)[C@H]2C=CC1C2. The summed E-state index contributed by atoms with van der Waals surface area (Å²) < 4.78 is 0. The van der Waals surface area contributed by atoms with Crippen LogP contribution in [0, 0.1) is 11.8 Å². The van der Waals surface area contributed by atoms with Gasteiger partial charge in [-0.2, -0.15) is 0 Å². The molecule has 0 aromatic rings. The minimum absolute atomic E-state index is 0.0532. The van der Waals surface area contributed by atoms with Crippen molar-refractivity contribution in [3.8, 4) is 0 Å². The molecule has 2 heteroatoms. The first kappa shape index (κ1) is 4.91. The van der Waals surface area contributed by atoms with Gasteiger partial charge in [0, 0.05) is 11.8 Å². The molecule has 0 aliphatic heterocycles. The van der Waals surface area contributed by atoms with E-state index in [0.29, 0.717) is 0 Å². The summed E-state index contributed by atoms with van der Waals surface area (Å²) in [6.07, 6.45) is 4.43. The summed E-state index contributed by atoms with van der Waals surface area (Å²) in [5.74, 6) is -0.463. The Balaban J connectivity index is 2.47. The lowest BCUT2D eigenvalue weighted by Gasteiger charge is -1.96. The van der Waals surface area contributed by atoms with E-state index in [9.17, 15) is 9.59 Å². The van der Waals surface area contributed by atoms with Crippen molar-refractivity contribution in [1.29, 1.82) is 0 Å². The van der Waals surface area contributed by atoms with Crippen LogP contribution in [0.4, 0.5) is 0 Å². The molecular weight excluding hydrogens is 116 g/mol. The lowest BCUT2D eigenvalue weighted by molar-refractivity contribution is -0.136. The molecule has 1 unspecified atom stereocenters. The molecule has 0 N–H and O–H groups in total. The van der Waals surface area contributed by atoms with E-state index < -0.39 is 0 Å². The quantitative estimate of drug-likeness (QED) is 0.342. The minimum atomic E-state index is -0.178. The average molecular weight is 122 g/mol. The van der Waals surface area contributed by atoms with Crippen LogP contribution in [0.3, 0.4) is 0 Å². The van der Waals surface area contributed by atoms with Crippen LogP contribution in [0.2, 0.25) is 0 Å². The molecule has 0 radical (unpaired) electrons. The predicted molar refractivity (Wildman–Crippen MR) is 30.8 cm³/mol. The molecule has 2 nitrogen and oxygen atoms in total. The first-order valence-electron chi connectivity index (χ1n) is 3.05. The topological polar surface area (TPSA) is 34.1 Å². The highest BCUT2D eigenvalue weighted by Crippen LogP contribution is 2.32. The minimum Gasteiger partial charge on any atom is -0.290 e. The number of rotatable bonds is 0. The van der Waals surface area contributed by atoms with E-state index in [-0.39, 0.29) is 23.4 Å². The summed E-state index contributed by atoms with van der Waals surface area (Å²) in [7, 11) is 0. The smallest absolute Gasteiger partial charge is 0.205 e. The predicted octanol–water partition coefficient (Wildman–Crippen LogP) is 0.330. The summed E-state index contributed by atoms with van der Waals surface area (Å²) in [5, 5.41) is 0. The normalized spacial score (nSPS) is 38.7. The zero-order valence-corrected chi connectivity index (χ0v) is 4.83. The third-order valence-electron chi connectivity index (χ3n) is 2.00. The number of Topliss-reactive ketones (excluding diaryl/α,β-unsaturated/α-hetero) is 2. The largest absolute Gasteiger partial charge is 0.290 e. The molecular formula is C7H6O2. The first-order valence-corrected chi connectivity index (χ1v) is 3.05. The number of ketones is 2. The Morgan fingerprint density at radius 3 is 1.78 bits per heavy atom. The Morgan fingerprint density at radius 2 is 1.56 bits per heavy atom. The molecule has 2 aliphatic rings. The van der Waals surface area contributed by atoms with Crippen LogP contribution < -0.4 is 0 Å². The second-order valence-electron chi connectivity index (χ2n) is 2.56. The fourth-order valence-electron chi connectivity index (χ4n) is 1.45. The maximum absolute atomic E-state index is 10.8. The Kier molecular flexibility index (Phi) is 0.721. The highest BCUT2D eigenvalue weighted by atomic mass is 16.2. The number of fused-ring (bicyclic) bond motifs is 2. The maximum atomic E-state index is 10.8. The third kappa shape index (κ3) is 0.453. The third-order valence-corrected chi connectivity index (χ3v) is 2.00. The van der Waals surface area contributed by atoms with E-state index in [1.54, 1.807) is 0 Å². The summed E-state index contributed by atoms with van der Waals surface area (Å²) in [6.45, 7) is 0. The molecule has 0 amide bonds. The van der Waals surface area contributed by atoms with Crippen LogP contribution in [0.15, 0.2) is 12.2 Å². The van der Waals surface area contributed by atoms with Gasteiger partial charge in [0.25, 0.3) is 0 Å². The highest BCUT2D eigenvalue weighted by molar-refractivity contribution is 6.42. The summed E-state index contributed by atoms with van der Waals surface area (Å²) in [6, 6.07) is 0. The zero-order chi connectivity index (χ0) is 6.43. The molecule has 0 aromatic heterocycles. The number of carbonyl (C=O) groups excluding carboxylic acids is 2. The van der Waals surface area contributed by atoms with Crippen molar-refractivity contribution in [3.05, 3.63) is 12.2 Å². The van der Waals surface area contributed by atoms with Gasteiger partial charge in [-0.1, -0.05) is 12.2 Å². The zero-order valence-electron chi connectivity index (χ0n) is 4.83. The first-order chi connectivity index (χ1) is 4.29. The van der Waals surface area contributed by atoms with Gasteiger partial charge in [0.15, 0.2) is 0 Å². The van der Waals surface area contributed by atoms with Crippen molar-refractivity contribution in [3.63, 3.8) is 0 Å². The number of carbonyl (C=O) groups is 2. The van der Waals surface area contributed by atoms with Gasteiger partial charge in [-0.05, 0) is 6.42 Å². The summed E-state index contributed by atoms with van der Waals surface area (Å²) >= 11 is 0. The van der Waals surface area contributed by atoms with E-state index in [1.807, 2.05) is 12.2 Å². The molecule has 46 valence electrons. The molecule has 9 heavy (non-hydrogen) atoms. The van der Waals surface area contributed by atoms with Crippen molar-refractivity contribution >= 4 is 11.6 Å². The fourth-order valence-corrected chi connectivity index (χ4v) is 1.45. The van der Waals surface area contributed by atoms with Crippen LogP contribution in [-0.4, -0.2) is 11.6 Å². The van der Waals surface area contributed by atoms with Gasteiger partial charge in [0.1, 0.15) is 0 Å². The van der Waals surface area contributed by atoms with Gasteiger partial charge in [0.2, 0.25) is 11.6 Å². The van der Waals surface area contributed by atoms with Gasteiger partial charge in [-0.3, -0.25) is 9.59 Å². The van der Waals surface area contributed by atoms with E-state index >= 15 is 0 Å². The molecule has 2 bridgehead atoms. The van der Waals surface area contributed by atoms with Gasteiger partial charge in [-0.25, -0.2) is 0 Å². The number of allylic oxidation sites excluding steroid dienone is 2. The van der Waals surface area contributed by atoms with Crippen molar-refractivity contribution in [2.75, 3.05) is 0 Å². The van der Waals surface area contributed by atoms with Crippen molar-refractivity contribution in [1.82, 2.24) is 0 Å². The van der Waals surface area contributed by atoms with E-state index in [0.717, 1.165) is 6.42 Å². The number of hydrogen-bond donors (Lipinski definition) is 0. The highest BCUT2D eigenvalue weighted by Gasteiger charge is 2.41. The van der Waals surface area contributed by atoms with Gasteiger partial charge in [-0.15, -0.1) is 0 Å². The second-order valence-corrected chi connectivity index (χ2v) is 2.56. The molecule has 2 aliphatic carbocycles. The standard InChI is InChI=1S/C7H6O2/c8-6-4-1-2-5(3-4)7(6)9/h1-2,4-5H,3H2/t4-,5?/m0/s1. The Hall–Kier alpha value is -0.920. The average Bonchev–Trinajstić information content (AvgIpc) is 2.37. The summed E-state index contributed by atoms with van der Waals surface area (Å²) in [5.41, 5.74) is 0. The van der Waals surface area contributed by atoms with Crippen LogP contribution >= 0.6 is 0 Å². The second kappa shape index (κ2) is 1.32. The van der Waals surface area contributed by atoms with Crippen molar-refractivity contribution < 1.29 is 9.59 Å². The summed E-state index contributed by atoms with van der Waals surface area (Å²) in [4.78, 5) is 21.5. The molecule has 2 atom stereocenters. The van der Waals surface area contributed by atoms with Crippen LogP contribution in [0.1, 0.15) is 6.42 Å². The van der Waals surface area contributed by atoms with Crippen LogP contribution in [-0.2, 0) is 9.59 Å². The Labute approximate surface area is 52.6 Å². The Morgan fingerprint density at radius 1 is 1.11 bits per heavy atom. The molecule has 2 rings (SSSR count). The van der Waals surface area contributed by atoms with E-state index in [1.165, 1.54) is 0 Å². The van der Waals surface area contributed by atoms with Crippen molar-refractivity contribution in [2.45, 2.75) is 6.42 Å². The maximum Gasteiger partial charge on any atom is 0.205 e. The van der Waals surface area contributed by atoms with Crippen LogP contribution in [0.25, 0.3) is 0 Å². The molecule has 0 heterocycles. The Bertz CT molecular complexity index is 193. The van der Waals surface area contributed by atoms with E-state index in [2.05, 4.69) is 0 Å². The lowest BCUT2D eigenvalue weighted by Crippen LogP contribution is -2.17. The van der Waals surface area contributed by atoms with Gasteiger partial charge in [0.05, 0.1) is 0 Å². The molecule has 1 fully saturated rings. The van der Waals surface area contributed by atoms with Crippen molar-refractivity contribution in [2.24, 2.45) is 11.8 Å². The van der Waals surface area contributed by atoms with Gasteiger partial charge >= 0.3 is 0 Å². The molecule has 1 saturated carbocycles. The molecule has 0 saturated heterocycles. The molecule has 0 aromatic carbocycles. The van der Waals surface area contributed by atoms with E-state index in [4.69, 9.17) is 0 Å².